The van der Waals surface area contributed by atoms with E-state index < -0.39 is 0 Å². The van der Waals surface area contributed by atoms with Crippen LogP contribution in [0, 0.1) is 11.3 Å². The minimum atomic E-state index is 0.0806. The van der Waals surface area contributed by atoms with Crippen molar-refractivity contribution in [3.05, 3.63) is 34.3 Å². The van der Waals surface area contributed by atoms with E-state index >= 15 is 0 Å². The summed E-state index contributed by atoms with van der Waals surface area (Å²) in [6.45, 7) is 1.86. The van der Waals surface area contributed by atoms with Crippen molar-refractivity contribution in [1.82, 2.24) is 5.32 Å². The predicted molar refractivity (Wildman–Crippen MR) is 80.1 cm³/mol. The first-order valence-electron chi connectivity index (χ1n) is 7.12. The molecule has 0 unspecified atom stereocenters. The van der Waals surface area contributed by atoms with Crippen LogP contribution in [0.1, 0.15) is 36.8 Å². The van der Waals surface area contributed by atoms with Gasteiger partial charge in [-0.3, -0.25) is 0 Å². The fourth-order valence-corrected chi connectivity index (χ4v) is 3.19. The van der Waals surface area contributed by atoms with Crippen LogP contribution in [0.4, 0.5) is 0 Å². The first kappa shape index (κ1) is 13.7. The standard InChI is InChI=1S/C15H20ClN3O/c16-13-7-10(14(17)19-20)1-2-11(13)8-18-9-15(5-6-15)12-3-4-12/h1-2,7,12,18,20H,3-6,8-9H2,(H2,17,19). The highest BCUT2D eigenvalue weighted by Crippen LogP contribution is 2.60. The number of nitrogens with one attached hydrogen (secondary N) is 1. The lowest BCUT2D eigenvalue weighted by Crippen LogP contribution is -2.25. The number of rotatable bonds is 6. The van der Waals surface area contributed by atoms with Gasteiger partial charge in [0.1, 0.15) is 0 Å². The van der Waals surface area contributed by atoms with Crippen LogP contribution < -0.4 is 11.1 Å². The van der Waals surface area contributed by atoms with Gasteiger partial charge in [0.25, 0.3) is 0 Å². The van der Waals surface area contributed by atoms with Crippen LogP contribution in [0.25, 0.3) is 0 Å². The van der Waals surface area contributed by atoms with Gasteiger partial charge in [0.15, 0.2) is 5.84 Å². The quantitative estimate of drug-likeness (QED) is 0.327. The number of hydrogen-bond acceptors (Lipinski definition) is 3. The molecule has 20 heavy (non-hydrogen) atoms. The summed E-state index contributed by atoms with van der Waals surface area (Å²) in [6, 6.07) is 5.49. The SMILES string of the molecule is N/C(=N/O)c1ccc(CNCC2(C3CC3)CC2)c(Cl)c1. The third-order valence-corrected chi connectivity index (χ3v) is 4.94. The summed E-state index contributed by atoms with van der Waals surface area (Å²) in [4.78, 5) is 0. The molecule has 1 aromatic rings. The number of nitrogens with zero attached hydrogens (tertiary/aromatic N) is 1. The largest absolute Gasteiger partial charge is 0.409 e. The molecule has 2 aliphatic carbocycles. The van der Waals surface area contributed by atoms with Crippen LogP contribution in [-0.4, -0.2) is 17.6 Å². The monoisotopic (exact) mass is 293 g/mol. The summed E-state index contributed by atoms with van der Waals surface area (Å²) in [5, 5.41) is 15.8. The maximum absolute atomic E-state index is 8.65. The Morgan fingerprint density at radius 2 is 2.20 bits per heavy atom. The zero-order valence-corrected chi connectivity index (χ0v) is 12.2. The van der Waals surface area contributed by atoms with E-state index in [4.69, 9.17) is 22.5 Å². The molecule has 1 aromatic carbocycles. The van der Waals surface area contributed by atoms with Crippen molar-refractivity contribution in [2.24, 2.45) is 22.2 Å². The fourth-order valence-electron chi connectivity index (χ4n) is 2.94. The van der Waals surface area contributed by atoms with Crippen LogP contribution in [0.15, 0.2) is 23.4 Å². The normalized spacial score (nSPS) is 20.9. The zero-order valence-electron chi connectivity index (χ0n) is 11.4. The molecule has 0 atom stereocenters. The van der Waals surface area contributed by atoms with Gasteiger partial charge in [-0.05, 0) is 48.6 Å². The van der Waals surface area contributed by atoms with Crippen LogP contribution in [-0.2, 0) is 6.54 Å². The Morgan fingerprint density at radius 3 is 2.75 bits per heavy atom. The molecule has 0 amide bonds. The predicted octanol–water partition coefficient (Wildman–Crippen LogP) is 2.71. The lowest BCUT2D eigenvalue weighted by Gasteiger charge is -2.15. The van der Waals surface area contributed by atoms with E-state index in [-0.39, 0.29) is 5.84 Å². The summed E-state index contributed by atoms with van der Waals surface area (Å²) in [5.41, 5.74) is 7.83. The van der Waals surface area contributed by atoms with Crippen molar-refractivity contribution in [3.63, 3.8) is 0 Å². The van der Waals surface area contributed by atoms with Crippen LogP contribution in [0.5, 0.6) is 0 Å². The second-order valence-corrected chi connectivity index (χ2v) is 6.44. The molecule has 0 saturated heterocycles. The molecule has 2 fully saturated rings. The van der Waals surface area contributed by atoms with Gasteiger partial charge in [0.2, 0.25) is 0 Å². The first-order valence-corrected chi connectivity index (χ1v) is 7.49. The highest BCUT2D eigenvalue weighted by molar-refractivity contribution is 6.31. The molecule has 0 aliphatic heterocycles. The molecule has 2 saturated carbocycles. The number of hydrogen-bond donors (Lipinski definition) is 3. The van der Waals surface area contributed by atoms with E-state index in [9.17, 15) is 0 Å². The van der Waals surface area contributed by atoms with E-state index in [1.165, 1.54) is 25.7 Å². The second-order valence-electron chi connectivity index (χ2n) is 6.03. The molecule has 2 aliphatic rings. The van der Waals surface area contributed by atoms with Gasteiger partial charge in [0.05, 0.1) is 0 Å². The molecule has 5 heteroatoms. The molecule has 0 radical (unpaired) electrons. The molecule has 108 valence electrons. The van der Waals surface area contributed by atoms with Crippen molar-refractivity contribution in [3.8, 4) is 0 Å². The van der Waals surface area contributed by atoms with Crippen molar-refractivity contribution < 1.29 is 5.21 Å². The van der Waals surface area contributed by atoms with Gasteiger partial charge in [-0.25, -0.2) is 0 Å². The first-order chi connectivity index (χ1) is 9.64. The number of oxime groups is 1. The summed E-state index contributed by atoms with van der Waals surface area (Å²) in [6.07, 6.45) is 5.58. The van der Waals surface area contributed by atoms with Gasteiger partial charge in [-0.1, -0.05) is 28.9 Å². The van der Waals surface area contributed by atoms with E-state index in [0.29, 0.717) is 16.0 Å². The van der Waals surface area contributed by atoms with E-state index in [1.54, 1.807) is 6.07 Å². The highest BCUT2D eigenvalue weighted by Gasteiger charge is 2.53. The van der Waals surface area contributed by atoms with Crippen molar-refractivity contribution in [1.29, 1.82) is 0 Å². The minimum Gasteiger partial charge on any atom is -0.409 e. The minimum absolute atomic E-state index is 0.0806. The van der Waals surface area contributed by atoms with Crippen molar-refractivity contribution in [2.75, 3.05) is 6.54 Å². The van der Waals surface area contributed by atoms with Gasteiger partial charge in [-0.2, -0.15) is 0 Å². The van der Waals surface area contributed by atoms with Crippen molar-refractivity contribution in [2.45, 2.75) is 32.2 Å². The van der Waals surface area contributed by atoms with E-state index in [1.807, 2.05) is 12.1 Å². The molecule has 4 nitrogen and oxygen atoms in total. The Labute approximate surface area is 124 Å². The molecule has 0 bridgehead atoms. The highest BCUT2D eigenvalue weighted by atomic mass is 35.5. The summed E-state index contributed by atoms with van der Waals surface area (Å²) < 4.78 is 0. The molecule has 0 aromatic heterocycles. The maximum atomic E-state index is 8.65. The summed E-state index contributed by atoms with van der Waals surface area (Å²) in [5.74, 6) is 1.05. The third-order valence-electron chi connectivity index (χ3n) is 4.58. The van der Waals surface area contributed by atoms with Gasteiger partial charge < -0.3 is 16.3 Å². The third kappa shape index (κ3) is 2.76. The Balaban J connectivity index is 1.57. The summed E-state index contributed by atoms with van der Waals surface area (Å²) in [7, 11) is 0. The number of nitrogens with two attached hydrogens (primary N) is 1. The average Bonchev–Trinajstić information content (AvgIpc) is 3.31. The average molecular weight is 294 g/mol. The molecule has 0 spiro atoms. The molecule has 4 N–H and O–H groups in total. The van der Waals surface area contributed by atoms with Gasteiger partial charge in [-0.15, -0.1) is 0 Å². The Morgan fingerprint density at radius 1 is 1.45 bits per heavy atom. The topological polar surface area (TPSA) is 70.6 Å². The smallest absolute Gasteiger partial charge is 0.170 e. The van der Waals surface area contributed by atoms with Gasteiger partial charge >= 0.3 is 0 Å². The van der Waals surface area contributed by atoms with Crippen LogP contribution in [0.2, 0.25) is 5.02 Å². The zero-order chi connectivity index (χ0) is 14.2. The Kier molecular flexibility index (Phi) is 3.61. The molecular weight excluding hydrogens is 274 g/mol. The van der Waals surface area contributed by atoms with Crippen molar-refractivity contribution >= 4 is 17.4 Å². The number of amidine groups is 1. The number of halogens is 1. The summed E-state index contributed by atoms with van der Waals surface area (Å²) >= 11 is 6.24. The lowest BCUT2D eigenvalue weighted by atomic mass is 10.0. The van der Waals surface area contributed by atoms with Gasteiger partial charge in [0, 0.05) is 23.7 Å². The Bertz CT molecular complexity index is 536. The van der Waals surface area contributed by atoms with Crippen LogP contribution in [0.3, 0.4) is 0 Å². The van der Waals surface area contributed by atoms with Crippen LogP contribution >= 0.6 is 11.6 Å². The Hall–Kier alpha value is -1.26. The molecular formula is C15H20ClN3O. The fraction of sp³-hybridized carbons (Fsp3) is 0.533. The molecule has 0 heterocycles. The van der Waals surface area contributed by atoms with E-state index in [2.05, 4.69) is 10.5 Å². The van der Waals surface area contributed by atoms with E-state index in [0.717, 1.165) is 24.6 Å². The molecule has 3 rings (SSSR count). The lowest BCUT2D eigenvalue weighted by molar-refractivity contribution is 0.318. The second kappa shape index (κ2) is 5.26. The number of benzene rings is 1. The maximum Gasteiger partial charge on any atom is 0.170 e.